The summed E-state index contributed by atoms with van der Waals surface area (Å²) in [5.74, 6) is 0. The molecule has 0 aromatic heterocycles. The van der Waals surface area contributed by atoms with Crippen molar-refractivity contribution < 1.29 is 8.42 Å². The van der Waals surface area contributed by atoms with Gasteiger partial charge in [0, 0.05) is 13.1 Å². The monoisotopic (exact) mass is 262 g/mol. The molecule has 0 radical (unpaired) electrons. The quantitative estimate of drug-likeness (QED) is 0.783. The number of halogens is 1. The topological polar surface area (TPSA) is 58.2 Å². The molecule has 0 heterocycles. The van der Waals surface area contributed by atoms with Gasteiger partial charge in [0.25, 0.3) is 0 Å². The third kappa shape index (κ3) is 3.45. The minimum absolute atomic E-state index is 0.121. The third-order valence-corrected chi connectivity index (χ3v) is 3.99. The van der Waals surface area contributed by atoms with Gasteiger partial charge in [0.1, 0.15) is 4.90 Å². The standard InChI is InChI=1S/C10H15ClN2O2S/c1-8-3-4-10(9(11)7-8)16(14,15)13-6-5-12-2/h3-4,7,12-13H,5-6H2,1-2H3. The van der Waals surface area contributed by atoms with E-state index < -0.39 is 10.0 Å². The highest BCUT2D eigenvalue weighted by atomic mass is 35.5. The molecule has 0 spiro atoms. The van der Waals surface area contributed by atoms with Gasteiger partial charge in [-0.15, -0.1) is 0 Å². The van der Waals surface area contributed by atoms with Crippen molar-refractivity contribution in [3.63, 3.8) is 0 Å². The van der Waals surface area contributed by atoms with Crippen molar-refractivity contribution in [2.75, 3.05) is 20.1 Å². The minimum Gasteiger partial charge on any atom is -0.318 e. The second-order valence-electron chi connectivity index (χ2n) is 3.44. The molecule has 0 saturated carbocycles. The van der Waals surface area contributed by atoms with Gasteiger partial charge in [-0.25, -0.2) is 13.1 Å². The lowest BCUT2D eigenvalue weighted by Crippen LogP contribution is -2.30. The Labute approximate surface area is 101 Å². The van der Waals surface area contributed by atoms with Crippen LogP contribution in [0, 0.1) is 6.92 Å². The highest BCUT2D eigenvalue weighted by Gasteiger charge is 2.16. The molecule has 0 amide bonds. The van der Waals surface area contributed by atoms with Crippen LogP contribution in [-0.4, -0.2) is 28.6 Å². The van der Waals surface area contributed by atoms with Crippen LogP contribution in [-0.2, 0) is 10.0 Å². The molecule has 0 aliphatic heterocycles. The summed E-state index contributed by atoms with van der Waals surface area (Å²) in [5.41, 5.74) is 0.930. The van der Waals surface area contributed by atoms with E-state index in [1.165, 1.54) is 6.07 Å². The normalized spacial score (nSPS) is 11.7. The number of nitrogens with one attached hydrogen (secondary N) is 2. The molecule has 0 saturated heterocycles. The zero-order valence-corrected chi connectivity index (χ0v) is 10.8. The summed E-state index contributed by atoms with van der Waals surface area (Å²) >= 11 is 5.89. The summed E-state index contributed by atoms with van der Waals surface area (Å²) in [6.45, 7) is 2.77. The lowest BCUT2D eigenvalue weighted by Gasteiger charge is -2.08. The SMILES string of the molecule is CNCCNS(=O)(=O)c1ccc(C)cc1Cl. The molecule has 4 nitrogen and oxygen atoms in total. The largest absolute Gasteiger partial charge is 0.318 e. The van der Waals surface area contributed by atoms with Crippen molar-refractivity contribution in [2.45, 2.75) is 11.8 Å². The van der Waals surface area contributed by atoms with E-state index >= 15 is 0 Å². The summed E-state index contributed by atoms with van der Waals surface area (Å²) in [7, 11) is -1.74. The predicted octanol–water partition coefficient (Wildman–Crippen LogP) is 1.15. The fourth-order valence-electron chi connectivity index (χ4n) is 1.21. The van der Waals surface area contributed by atoms with Crippen LogP contribution in [0.2, 0.25) is 5.02 Å². The first kappa shape index (κ1) is 13.4. The Morgan fingerprint density at radius 1 is 1.31 bits per heavy atom. The zero-order valence-electron chi connectivity index (χ0n) is 9.25. The number of hydrogen-bond acceptors (Lipinski definition) is 3. The summed E-state index contributed by atoms with van der Waals surface area (Å²) < 4.78 is 26.1. The van der Waals surface area contributed by atoms with Gasteiger partial charge in [0.15, 0.2) is 0 Å². The molecule has 0 fully saturated rings. The number of benzene rings is 1. The maximum absolute atomic E-state index is 11.8. The highest BCUT2D eigenvalue weighted by molar-refractivity contribution is 7.89. The van der Waals surface area contributed by atoms with Gasteiger partial charge in [0.05, 0.1) is 5.02 Å². The predicted molar refractivity (Wildman–Crippen MR) is 65.3 cm³/mol. The van der Waals surface area contributed by atoms with Crippen molar-refractivity contribution in [3.8, 4) is 0 Å². The Morgan fingerprint density at radius 2 is 2.00 bits per heavy atom. The molecule has 16 heavy (non-hydrogen) atoms. The van der Waals surface area contributed by atoms with E-state index in [-0.39, 0.29) is 9.92 Å². The van der Waals surface area contributed by atoms with E-state index in [9.17, 15) is 8.42 Å². The summed E-state index contributed by atoms with van der Waals surface area (Å²) in [4.78, 5) is 0.121. The van der Waals surface area contributed by atoms with Crippen LogP contribution in [0.4, 0.5) is 0 Å². The first-order valence-corrected chi connectivity index (χ1v) is 6.74. The van der Waals surface area contributed by atoms with Gasteiger partial charge < -0.3 is 5.32 Å². The number of hydrogen-bond donors (Lipinski definition) is 2. The summed E-state index contributed by atoms with van der Waals surface area (Å²) in [5, 5.41) is 3.10. The van der Waals surface area contributed by atoms with Crippen LogP contribution in [0.3, 0.4) is 0 Å². The van der Waals surface area contributed by atoms with Crippen molar-refractivity contribution >= 4 is 21.6 Å². The van der Waals surface area contributed by atoms with Crippen molar-refractivity contribution in [1.29, 1.82) is 0 Å². The Morgan fingerprint density at radius 3 is 2.56 bits per heavy atom. The van der Waals surface area contributed by atoms with Gasteiger partial charge in [0.2, 0.25) is 10.0 Å². The lowest BCUT2D eigenvalue weighted by molar-refractivity contribution is 0.579. The van der Waals surface area contributed by atoms with E-state index in [1.807, 2.05) is 6.92 Å². The second kappa shape index (κ2) is 5.63. The fourth-order valence-corrected chi connectivity index (χ4v) is 2.84. The molecular weight excluding hydrogens is 248 g/mol. The number of aryl methyl sites for hydroxylation is 1. The van der Waals surface area contributed by atoms with E-state index in [2.05, 4.69) is 10.0 Å². The van der Waals surface area contributed by atoms with Crippen molar-refractivity contribution in [3.05, 3.63) is 28.8 Å². The molecule has 1 aromatic carbocycles. The zero-order chi connectivity index (χ0) is 12.2. The smallest absolute Gasteiger partial charge is 0.242 e. The average molecular weight is 263 g/mol. The molecular formula is C10H15ClN2O2S. The molecule has 1 aromatic rings. The Kier molecular flexibility index (Phi) is 4.73. The van der Waals surface area contributed by atoms with Crippen LogP contribution in [0.5, 0.6) is 0 Å². The maximum Gasteiger partial charge on any atom is 0.242 e. The summed E-state index contributed by atoms with van der Waals surface area (Å²) in [6.07, 6.45) is 0. The number of rotatable bonds is 5. The fraction of sp³-hybridized carbons (Fsp3) is 0.400. The van der Waals surface area contributed by atoms with Gasteiger partial charge in [-0.3, -0.25) is 0 Å². The van der Waals surface area contributed by atoms with Crippen LogP contribution < -0.4 is 10.0 Å². The molecule has 0 atom stereocenters. The Balaban J connectivity index is 2.90. The maximum atomic E-state index is 11.8. The molecule has 0 aliphatic carbocycles. The van der Waals surface area contributed by atoms with Gasteiger partial charge in [-0.2, -0.15) is 0 Å². The first-order valence-electron chi connectivity index (χ1n) is 4.88. The number of sulfonamides is 1. The van der Waals surface area contributed by atoms with Crippen LogP contribution in [0.1, 0.15) is 5.56 Å². The van der Waals surface area contributed by atoms with Crippen molar-refractivity contribution in [1.82, 2.24) is 10.0 Å². The Hall–Kier alpha value is -0.620. The third-order valence-electron chi connectivity index (χ3n) is 2.04. The van der Waals surface area contributed by atoms with Gasteiger partial charge >= 0.3 is 0 Å². The lowest BCUT2D eigenvalue weighted by atomic mass is 10.2. The van der Waals surface area contributed by atoms with E-state index in [0.29, 0.717) is 13.1 Å². The van der Waals surface area contributed by atoms with Crippen LogP contribution in [0.25, 0.3) is 0 Å². The van der Waals surface area contributed by atoms with Crippen LogP contribution >= 0.6 is 11.6 Å². The molecule has 1 rings (SSSR count). The van der Waals surface area contributed by atoms with E-state index in [4.69, 9.17) is 11.6 Å². The molecule has 2 N–H and O–H groups in total. The van der Waals surface area contributed by atoms with Crippen LogP contribution in [0.15, 0.2) is 23.1 Å². The highest BCUT2D eigenvalue weighted by Crippen LogP contribution is 2.21. The molecule has 90 valence electrons. The minimum atomic E-state index is -3.50. The molecule has 6 heteroatoms. The van der Waals surface area contributed by atoms with Gasteiger partial charge in [-0.05, 0) is 31.7 Å². The number of likely N-dealkylation sites (N-methyl/N-ethyl adjacent to an activating group) is 1. The second-order valence-corrected chi connectivity index (χ2v) is 5.58. The van der Waals surface area contributed by atoms with Gasteiger partial charge in [-0.1, -0.05) is 17.7 Å². The van der Waals surface area contributed by atoms with E-state index in [1.54, 1.807) is 19.2 Å². The van der Waals surface area contributed by atoms with Crippen molar-refractivity contribution in [2.24, 2.45) is 0 Å². The van der Waals surface area contributed by atoms with E-state index in [0.717, 1.165) is 5.56 Å². The summed E-state index contributed by atoms with van der Waals surface area (Å²) in [6, 6.07) is 4.87. The average Bonchev–Trinajstić information content (AvgIpc) is 2.17. The molecule has 0 aliphatic rings. The first-order chi connectivity index (χ1) is 7.47. The molecule has 0 unspecified atom stereocenters. The Bertz CT molecular complexity index is 460. The molecule has 0 bridgehead atoms.